The lowest BCUT2D eigenvalue weighted by Gasteiger charge is -2.06. The Morgan fingerprint density at radius 3 is 2.78 bits per heavy atom. The van der Waals surface area contributed by atoms with Crippen molar-refractivity contribution in [1.82, 2.24) is 9.97 Å². The Morgan fingerprint density at radius 1 is 1.22 bits per heavy atom. The van der Waals surface area contributed by atoms with Crippen LogP contribution in [0.1, 0.15) is 24.0 Å². The van der Waals surface area contributed by atoms with Crippen molar-refractivity contribution in [3.8, 4) is 5.75 Å². The largest absolute Gasteiger partial charge is 0.497 e. The van der Waals surface area contributed by atoms with Crippen molar-refractivity contribution in [2.45, 2.75) is 19.8 Å². The molecule has 94 valence electrons. The molecule has 0 amide bonds. The Bertz CT molecular complexity index is 540. The molecule has 0 spiro atoms. The number of anilines is 1. The van der Waals surface area contributed by atoms with Gasteiger partial charge in [-0.2, -0.15) is 0 Å². The number of nitrogens with zero attached hydrogens (tertiary/aromatic N) is 2. The fourth-order valence-electron chi connectivity index (χ4n) is 1.80. The van der Waals surface area contributed by atoms with E-state index in [9.17, 15) is 0 Å². The molecule has 0 aliphatic rings. The van der Waals surface area contributed by atoms with E-state index in [1.165, 1.54) is 0 Å². The summed E-state index contributed by atoms with van der Waals surface area (Å²) in [5.74, 6) is 2.12. The van der Waals surface area contributed by atoms with Gasteiger partial charge in [-0.25, -0.2) is 9.97 Å². The molecule has 1 aromatic heterocycles. The molecule has 1 aromatic carbocycles. The summed E-state index contributed by atoms with van der Waals surface area (Å²) < 4.78 is 5.20. The third-order valence-corrected chi connectivity index (χ3v) is 2.70. The number of rotatable bonds is 4. The van der Waals surface area contributed by atoms with Crippen molar-refractivity contribution >= 4 is 5.82 Å². The minimum atomic E-state index is 0.528. The first-order chi connectivity index (χ1) is 8.71. The SMILES string of the molecule is CCc1cc(N)nc(Cc2cccc(OC)c2)n1. The molecule has 0 unspecified atom stereocenters. The van der Waals surface area contributed by atoms with Crippen molar-refractivity contribution < 1.29 is 4.74 Å². The highest BCUT2D eigenvalue weighted by molar-refractivity contribution is 5.33. The van der Waals surface area contributed by atoms with E-state index in [1.807, 2.05) is 30.3 Å². The summed E-state index contributed by atoms with van der Waals surface area (Å²) in [5, 5.41) is 0. The number of hydrogen-bond donors (Lipinski definition) is 1. The second-order valence-electron chi connectivity index (χ2n) is 4.08. The van der Waals surface area contributed by atoms with Crippen LogP contribution in [-0.2, 0) is 12.8 Å². The van der Waals surface area contributed by atoms with E-state index >= 15 is 0 Å². The molecular formula is C14H17N3O. The van der Waals surface area contributed by atoms with Crippen LogP contribution in [0.2, 0.25) is 0 Å². The first-order valence-corrected chi connectivity index (χ1v) is 5.96. The summed E-state index contributed by atoms with van der Waals surface area (Å²) in [6, 6.07) is 9.70. The molecule has 0 fully saturated rings. The number of methoxy groups -OCH3 is 1. The molecule has 0 bridgehead atoms. The Morgan fingerprint density at radius 2 is 2.06 bits per heavy atom. The smallest absolute Gasteiger partial charge is 0.135 e. The first kappa shape index (κ1) is 12.4. The van der Waals surface area contributed by atoms with E-state index in [4.69, 9.17) is 10.5 Å². The van der Waals surface area contributed by atoms with Crippen molar-refractivity contribution in [1.29, 1.82) is 0 Å². The zero-order valence-electron chi connectivity index (χ0n) is 10.7. The van der Waals surface area contributed by atoms with Crippen molar-refractivity contribution in [3.05, 3.63) is 47.4 Å². The highest BCUT2D eigenvalue weighted by Gasteiger charge is 2.04. The Balaban J connectivity index is 2.24. The monoisotopic (exact) mass is 243 g/mol. The molecule has 0 aliphatic carbocycles. The van der Waals surface area contributed by atoms with Crippen LogP contribution < -0.4 is 10.5 Å². The molecule has 0 atom stereocenters. The van der Waals surface area contributed by atoms with Crippen LogP contribution in [0.3, 0.4) is 0 Å². The predicted molar refractivity (Wildman–Crippen MR) is 71.6 cm³/mol. The number of aromatic nitrogens is 2. The van der Waals surface area contributed by atoms with Gasteiger partial charge in [-0.1, -0.05) is 19.1 Å². The highest BCUT2D eigenvalue weighted by Crippen LogP contribution is 2.15. The van der Waals surface area contributed by atoms with E-state index in [0.29, 0.717) is 12.2 Å². The van der Waals surface area contributed by atoms with Crippen LogP contribution in [0.4, 0.5) is 5.82 Å². The molecule has 2 N–H and O–H groups in total. The molecular weight excluding hydrogens is 226 g/mol. The van der Waals surface area contributed by atoms with Crippen LogP contribution in [0.25, 0.3) is 0 Å². The summed E-state index contributed by atoms with van der Waals surface area (Å²) in [7, 11) is 1.66. The number of hydrogen-bond acceptors (Lipinski definition) is 4. The highest BCUT2D eigenvalue weighted by atomic mass is 16.5. The number of nitrogen functional groups attached to an aromatic ring is 1. The molecule has 2 aromatic rings. The van der Waals surface area contributed by atoms with Crippen LogP contribution >= 0.6 is 0 Å². The van der Waals surface area contributed by atoms with Gasteiger partial charge in [-0.15, -0.1) is 0 Å². The Hall–Kier alpha value is -2.10. The lowest BCUT2D eigenvalue weighted by molar-refractivity contribution is 0.414. The molecule has 4 nitrogen and oxygen atoms in total. The van der Waals surface area contributed by atoms with Gasteiger partial charge >= 0.3 is 0 Å². The topological polar surface area (TPSA) is 61.0 Å². The van der Waals surface area contributed by atoms with Gasteiger partial charge in [0.15, 0.2) is 0 Å². The molecule has 1 heterocycles. The molecule has 0 saturated carbocycles. The molecule has 0 aliphatic heterocycles. The van der Waals surface area contributed by atoms with E-state index in [0.717, 1.165) is 29.3 Å². The lowest BCUT2D eigenvalue weighted by atomic mass is 10.1. The lowest BCUT2D eigenvalue weighted by Crippen LogP contribution is -2.03. The van der Waals surface area contributed by atoms with Gasteiger partial charge in [0.1, 0.15) is 17.4 Å². The van der Waals surface area contributed by atoms with Crippen LogP contribution in [0.5, 0.6) is 5.75 Å². The zero-order chi connectivity index (χ0) is 13.0. The summed E-state index contributed by atoms with van der Waals surface area (Å²) in [6.45, 7) is 2.05. The number of nitrogens with two attached hydrogens (primary N) is 1. The zero-order valence-corrected chi connectivity index (χ0v) is 10.7. The maximum Gasteiger partial charge on any atom is 0.135 e. The number of benzene rings is 1. The van der Waals surface area contributed by atoms with Gasteiger partial charge in [-0.05, 0) is 24.1 Å². The summed E-state index contributed by atoms with van der Waals surface area (Å²) >= 11 is 0. The van der Waals surface area contributed by atoms with Crippen LogP contribution in [-0.4, -0.2) is 17.1 Å². The van der Waals surface area contributed by atoms with E-state index < -0.39 is 0 Å². The van der Waals surface area contributed by atoms with E-state index in [2.05, 4.69) is 16.9 Å². The Labute approximate surface area is 107 Å². The predicted octanol–water partition coefficient (Wildman–Crippen LogP) is 2.22. The molecule has 0 saturated heterocycles. The van der Waals surface area contributed by atoms with Crippen molar-refractivity contribution in [2.75, 3.05) is 12.8 Å². The summed E-state index contributed by atoms with van der Waals surface area (Å²) in [5.41, 5.74) is 7.85. The number of ether oxygens (including phenoxy) is 1. The minimum Gasteiger partial charge on any atom is -0.497 e. The van der Waals surface area contributed by atoms with Crippen LogP contribution in [0, 0.1) is 0 Å². The third kappa shape index (κ3) is 2.97. The van der Waals surface area contributed by atoms with Crippen molar-refractivity contribution in [2.24, 2.45) is 0 Å². The fourth-order valence-corrected chi connectivity index (χ4v) is 1.80. The second-order valence-corrected chi connectivity index (χ2v) is 4.08. The molecule has 18 heavy (non-hydrogen) atoms. The number of aryl methyl sites for hydroxylation is 1. The van der Waals surface area contributed by atoms with E-state index in [-0.39, 0.29) is 0 Å². The van der Waals surface area contributed by atoms with Gasteiger partial charge in [0, 0.05) is 18.2 Å². The van der Waals surface area contributed by atoms with Gasteiger partial charge in [-0.3, -0.25) is 0 Å². The molecule has 0 radical (unpaired) electrons. The Kier molecular flexibility index (Phi) is 3.77. The normalized spacial score (nSPS) is 10.3. The average molecular weight is 243 g/mol. The van der Waals surface area contributed by atoms with Gasteiger partial charge < -0.3 is 10.5 Å². The minimum absolute atomic E-state index is 0.528. The average Bonchev–Trinajstić information content (AvgIpc) is 2.38. The van der Waals surface area contributed by atoms with Crippen LogP contribution in [0.15, 0.2) is 30.3 Å². The quantitative estimate of drug-likeness (QED) is 0.894. The van der Waals surface area contributed by atoms with Crippen molar-refractivity contribution in [3.63, 3.8) is 0 Å². The van der Waals surface area contributed by atoms with E-state index in [1.54, 1.807) is 7.11 Å². The fraction of sp³-hybridized carbons (Fsp3) is 0.286. The maximum absolute atomic E-state index is 5.77. The molecule has 4 heteroatoms. The second kappa shape index (κ2) is 5.49. The van der Waals surface area contributed by atoms with Gasteiger partial charge in [0.05, 0.1) is 7.11 Å². The van der Waals surface area contributed by atoms with Gasteiger partial charge in [0.25, 0.3) is 0 Å². The first-order valence-electron chi connectivity index (χ1n) is 5.96. The van der Waals surface area contributed by atoms with Gasteiger partial charge in [0.2, 0.25) is 0 Å². The summed E-state index contributed by atoms with van der Waals surface area (Å²) in [6.07, 6.45) is 1.52. The third-order valence-electron chi connectivity index (χ3n) is 2.70. The maximum atomic E-state index is 5.77. The summed E-state index contributed by atoms with van der Waals surface area (Å²) in [4.78, 5) is 8.73. The standard InChI is InChI=1S/C14H17N3O/c1-3-11-9-13(15)17-14(16-11)8-10-5-4-6-12(7-10)18-2/h4-7,9H,3,8H2,1-2H3,(H2,15,16,17). The molecule has 2 rings (SSSR count).